The molecule has 0 aliphatic heterocycles. The Balaban J connectivity index is 0.000000403. The maximum absolute atomic E-state index is 10.2. The van der Waals surface area contributed by atoms with Crippen molar-refractivity contribution >= 4 is 0 Å². The first-order valence-corrected chi connectivity index (χ1v) is 16.7. The van der Waals surface area contributed by atoms with Crippen molar-refractivity contribution < 1.29 is 9.84 Å². The average Bonchev–Trinajstić information content (AvgIpc) is 3.15. The van der Waals surface area contributed by atoms with Crippen LogP contribution in [0.1, 0.15) is 141 Å². The Kier molecular flexibility index (Phi) is 10.4. The number of allylic oxidation sites excluding steroid dienone is 3. The van der Waals surface area contributed by atoms with Crippen LogP contribution in [0, 0.1) is 52.3 Å². The summed E-state index contributed by atoms with van der Waals surface area (Å²) in [6.45, 7) is 27.2. The molecule has 3 fully saturated rings. The number of hydrogen-bond acceptors (Lipinski definition) is 2. The van der Waals surface area contributed by atoms with Gasteiger partial charge in [-0.3, -0.25) is 0 Å². The molecule has 0 aromatic heterocycles. The first kappa shape index (κ1) is 32.9. The molecular weight excluding hydrogens is 476 g/mol. The van der Waals surface area contributed by atoms with Crippen molar-refractivity contribution in [3.63, 3.8) is 0 Å². The number of ether oxygens (including phenoxy) is 1. The average molecular weight is 543 g/mol. The molecule has 4 aliphatic rings. The SMILES string of the molecule is CC(C)(C)OC(C)(C)C.CC[C@H](/C=C/[C@@H](C)[C@H]1CC[C@H]2[C@@H]3CC=C4C[C@@H](O)CC[C@]4(C)[C@H]3CC[C@]12C)C(C)C. The summed E-state index contributed by atoms with van der Waals surface area (Å²) in [5, 5.41) is 10.2. The van der Waals surface area contributed by atoms with Gasteiger partial charge in [0, 0.05) is 0 Å². The van der Waals surface area contributed by atoms with Gasteiger partial charge in [-0.05, 0) is 152 Å². The molecule has 0 unspecified atom stereocenters. The molecular formula is C37H66O2. The normalized spacial score (nSPS) is 38.3. The molecule has 0 aromatic rings. The Morgan fingerprint density at radius 3 is 2.10 bits per heavy atom. The molecule has 4 aliphatic carbocycles. The first-order valence-electron chi connectivity index (χ1n) is 16.7. The van der Waals surface area contributed by atoms with E-state index in [2.05, 4.69) is 101 Å². The van der Waals surface area contributed by atoms with Gasteiger partial charge in [-0.25, -0.2) is 0 Å². The van der Waals surface area contributed by atoms with Gasteiger partial charge in [0.1, 0.15) is 0 Å². The highest BCUT2D eigenvalue weighted by atomic mass is 16.5. The van der Waals surface area contributed by atoms with Crippen LogP contribution in [0.15, 0.2) is 23.8 Å². The molecule has 1 N–H and O–H groups in total. The smallest absolute Gasteiger partial charge is 0.0605 e. The van der Waals surface area contributed by atoms with Gasteiger partial charge in [0.2, 0.25) is 0 Å². The molecule has 0 heterocycles. The third-order valence-corrected chi connectivity index (χ3v) is 11.4. The zero-order valence-corrected chi connectivity index (χ0v) is 28.1. The summed E-state index contributed by atoms with van der Waals surface area (Å²) in [5.41, 5.74) is 2.48. The van der Waals surface area contributed by atoms with Gasteiger partial charge >= 0.3 is 0 Å². The van der Waals surface area contributed by atoms with Crippen molar-refractivity contribution in [3.8, 4) is 0 Å². The lowest BCUT2D eigenvalue weighted by Gasteiger charge is -2.58. The molecule has 0 spiro atoms. The molecule has 0 amide bonds. The first-order chi connectivity index (χ1) is 17.9. The van der Waals surface area contributed by atoms with Crippen LogP contribution >= 0.6 is 0 Å². The summed E-state index contributed by atoms with van der Waals surface area (Å²) >= 11 is 0. The van der Waals surface area contributed by atoms with E-state index in [0.717, 1.165) is 48.3 Å². The highest BCUT2D eigenvalue weighted by Crippen LogP contribution is 2.67. The van der Waals surface area contributed by atoms with Crippen LogP contribution in [0.25, 0.3) is 0 Å². The monoisotopic (exact) mass is 543 g/mol. The Morgan fingerprint density at radius 2 is 1.56 bits per heavy atom. The summed E-state index contributed by atoms with van der Waals surface area (Å²) in [5.74, 6) is 5.70. The summed E-state index contributed by atoms with van der Waals surface area (Å²) in [7, 11) is 0. The minimum absolute atomic E-state index is 0.0156. The van der Waals surface area contributed by atoms with Gasteiger partial charge in [-0.1, -0.05) is 65.3 Å². The van der Waals surface area contributed by atoms with Crippen LogP contribution < -0.4 is 0 Å². The van der Waals surface area contributed by atoms with E-state index < -0.39 is 0 Å². The van der Waals surface area contributed by atoms with E-state index in [-0.39, 0.29) is 17.3 Å². The fraction of sp³-hybridized carbons (Fsp3) is 0.892. The van der Waals surface area contributed by atoms with Gasteiger partial charge in [-0.2, -0.15) is 0 Å². The second-order valence-corrected chi connectivity index (χ2v) is 16.8. The van der Waals surface area contributed by atoms with Crippen LogP contribution in [0.2, 0.25) is 0 Å². The third kappa shape index (κ3) is 7.63. The van der Waals surface area contributed by atoms with Crippen LogP contribution in [0.3, 0.4) is 0 Å². The molecule has 0 aromatic carbocycles. The largest absolute Gasteiger partial charge is 0.393 e. The third-order valence-electron chi connectivity index (χ3n) is 11.4. The Bertz CT molecular complexity index is 842. The van der Waals surface area contributed by atoms with E-state index in [9.17, 15) is 5.11 Å². The maximum atomic E-state index is 10.2. The fourth-order valence-corrected chi connectivity index (χ4v) is 9.75. The van der Waals surface area contributed by atoms with Crippen LogP contribution in [-0.2, 0) is 4.74 Å². The predicted octanol–water partition coefficient (Wildman–Crippen LogP) is 10.4. The van der Waals surface area contributed by atoms with Crippen LogP contribution in [-0.4, -0.2) is 22.4 Å². The molecule has 0 bridgehead atoms. The van der Waals surface area contributed by atoms with Crippen molar-refractivity contribution in [2.24, 2.45) is 52.3 Å². The van der Waals surface area contributed by atoms with Crippen molar-refractivity contribution in [2.75, 3.05) is 0 Å². The Morgan fingerprint density at radius 1 is 0.923 bits per heavy atom. The van der Waals surface area contributed by atoms with Gasteiger partial charge in [0.15, 0.2) is 0 Å². The molecule has 39 heavy (non-hydrogen) atoms. The zero-order valence-electron chi connectivity index (χ0n) is 28.1. The molecule has 2 heteroatoms. The topological polar surface area (TPSA) is 29.5 Å². The van der Waals surface area contributed by atoms with Gasteiger partial charge in [-0.15, -0.1) is 0 Å². The second kappa shape index (κ2) is 12.3. The lowest BCUT2D eigenvalue weighted by atomic mass is 9.47. The molecule has 3 saturated carbocycles. The fourth-order valence-electron chi connectivity index (χ4n) is 9.75. The van der Waals surface area contributed by atoms with Crippen LogP contribution in [0.4, 0.5) is 0 Å². The summed E-state index contributed by atoms with van der Waals surface area (Å²) in [4.78, 5) is 0. The highest BCUT2D eigenvalue weighted by molar-refractivity contribution is 5.25. The second-order valence-electron chi connectivity index (χ2n) is 16.8. The van der Waals surface area contributed by atoms with E-state index in [1.165, 1.54) is 44.9 Å². The molecule has 9 atom stereocenters. The van der Waals surface area contributed by atoms with Crippen molar-refractivity contribution in [2.45, 2.75) is 158 Å². The van der Waals surface area contributed by atoms with Gasteiger partial charge in [0.25, 0.3) is 0 Å². The van der Waals surface area contributed by atoms with Crippen molar-refractivity contribution in [1.82, 2.24) is 0 Å². The Labute approximate surface area is 243 Å². The van der Waals surface area contributed by atoms with E-state index in [1.807, 2.05) is 0 Å². The van der Waals surface area contributed by atoms with E-state index in [4.69, 9.17) is 4.74 Å². The number of rotatable bonds is 5. The minimum Gasteiger partial charge on any atom is -0.393 e. The van der Waals surface area contributed by atoms with Crippen molar-refractivity contribution in [1.29, 1.82) is 0 Å². The van der Waals surface area contributed by atoms with E-state index in [0.29, 0.717) is 16.7 Å². The molecule has 0 radical (unpaired) electrons. The number of aliphatic hydroxyl groups is 1. The maximum Gasteiger partial charge on any atom is 0.0605 e. The zero-order chi connectivity index (χ0) is 29.4. The number of hydrogen-bond donors (Lipinski definition) is 1. The lowest BCUT2D eigenvalue weighted by molar-refractivity contribution is -0.102. The molecule has 4 rings (SSSR count). The van der Waals surface area contributed by atoms with Crippen LogP contribution in [0.5, 0.6) is 0 Å². The molecule has 0 saturated heterocycles. The lowest BCUT2D eigenvalue weighted by Crippen LogP contribution is -2.50. The highest BCUT2D eigenvalue weighted by Gasteiger charge is 2.59. The summed E-state index contributed by atoms with van der Waals surface area (Å²) < 4.78 is 5.62. The van der Waals surface area contributed by atoms with Gasteiger partial charge < -0.3 is 9.84 Å². The standard InChI is InChI=1S/C29H48O.C8H18O/c1-7-21(19(2)3)9-8-20(4)25-12-13-26-24-11-10-22-18-23(30)14-16-28(22,5)27(24)15-17-29(25,26)6;1-7(2,3)9-8(4,5)6/h8-10,19-21,23-27,30H,7,11-18H2,1-6H3;1-6H3/b9-8+;/t20-,21-,23+,24+,25-,26+,27+,28+,29-;/m1./s1. The summed E-state index contributed by atoms with van der Waals surface area (Å²) in [6.07, 6.45) is 19.1. The minimum atomic E-state index is -0.0870. The Hall–Kier alpha value is -0.600. The predicted molar refractivity (Wildman–Crippen MR) is 169 cm³/mol. The van der Waals surface area contributed by atoms with E-state index >= 15 is 0 Å². The quantitative estimate of drug-likeness (QED) is 0.350. The molecule has 2 nitrogen and oxygen atoms in total. The molecule has 226 valence electrons. The van der Waals surface area contributed by atoms with Crippen molar-refractivity contribution in [3.05, 3.63) is 23.8 Å². The number of aliphatic hydroxyl groups excluding tert-OH is 1. The van der Waals surface area contributed by atoms with E-state index in [1.54, 1.807) is 5.57 Å². The van der Waals surface area contributed by atoms with Gasteiger partial charge in [0.05, 0.1) is 17.3 Å². The summed E-state index contributed by atoms with van der Waals surface area (Å²) in [6, 6.07) is 0. The number of fused-ring (bicyclic) bond motifs is 5.